The molecule has 1 N–H and O–H groups in total. The van der Waals surface area contributed by atoms with Crippen LogP contribution in [0.1, 0.15) is 26.2 Å². The van der Waals surface area contributed by atoms with Gasteiger partial charge in [0.2, 0.25) is 0 Å². The first kappa shape index (κ1) is 9.47. The molecule has 13 heavy (non-hydrogen) atoms. The Kier molecular flexibility index (Phi) is 3.23. The molecule has 1 aliphatic carbocycles. The highest BCUT2D eigenvalue weighted by atomic mass is 15.1. The second-order valence-corrected chi connectivity index (χ2v) is 4.65. The molecule has 0 aromatic heterocycles. The molecule has 2 fully saturated rings. The Hall–Kier alpha value is -0.0800. The summed E-state index contributed by atoms with van der Waals surface area (Å²) in [5.41, 5.74) is 0. The highest BCUT2D eigenvalue weighted by Gasteiger charge is 2.23. The molecule has 0 aromatic carbocycles. The fourth-order valence-electron chi connectivity index (χ4n) is 2.18. The molecule has 2 aliphatic rings. The smallest absolute Gasteiger partial charge is 0.00222 e. The minimum atomic E-state index is 0.929. The predicted molar refractivity (Wildman–Crippen MR) is 55.8 cm³/mol. The molecule has 0 spiro atoms. The number of rotatable bonds is 5. The minimum absolute atomic E-state index is 0.929. The van der Waals surface area contributed by atoms with Crippen molar-refractivity contribution in [2.24, 2.45) is 11.8 Å². The van der Waals surface area contributed by atoms with Gasteiger partial charge in [-0.25, -0.2) is 0 Å². The van der Waals surface area contributed by atoms with Crippen LogP contribution in [0.15, 0.2) is 0 Å². The summed E-state index contributed by atoms with van der Waals surface area (Å²) in [5, 5.41) is 3.61. The zero-order valence-electron chi connectivity index (χ0n) is 8.76. The van der Waals surface area contributed by atoms with Crippen LogP contribution in [0.4, 0.5) is 0 Å². The molecular weight excluding hydrogens is 160 g/mol. The van der Waals surface area contributed by atoms with Gasteiger partial charge in [-0.1, -0.05) is 6.92 Å². The van der Waals surface area contributed by atoms with Crippen molar-refractivity contribution in [3.63, 3.8) is 0 Å². The summed E-state index contributed by atoms with van der Waals surface area (Å²) in [4.78, 5) is 2.56. The van der Waals surface area contributed by atoms with Gasteiger partial charge in [-0.15, -0.1) is 0 Å². The Morgan fingerprint density at radius 1 is 1.15 bits per heavy atom. The van der Waals surface area contributed by atoms with E-state index in [-0.39, 0.29) is 0 Å². The summed E-state index contributed by atoms with van der Waals surface area (Å²) in [6.45, 7) is 8.69. The van der Waals surface area contributed by atoms with E-state index >= 15 is 0 Å². The van der Waals surface area contributed by atoms with Crippen molar-refractivity contribution >= 4 is 0 Å². The maximum absolute atomic E-state index is 3.61. The van der Waals surface area contributed by atoms with Gasteiger partial charge in [0.15, 0.2) is 0 Å². The summed E-state index contributed by atoms with van der Waals surface area (Å²) in [7, 11) is 0. The van der Waals surface area contributed by atoms with Crippen LogP contribution >= 0.6 is 0 Å². The lowest BCUT2D eigenvalue weighted by Gasteiger charge is -2.13. The van der Waals surface area contributed by atoms with Crippen molar-refractivity contribution in [1.82, 2.24) is 10.2 Å². The number of likely N-dealkylation sites (tertiary alicyclic amines) is 1. The van der Waals surface area contributed by atoms with E-state index in [1.54, 1.807) is 0 Å². The van der Waals surface area contributed by atoms with Gasteiger partial charge in [-0.05, 0) is 57.3 Å². The Labute approximate surface area is 81.7 Å². The quantitative estimate of drug-likeness (QED) is 0.690. The molecule has 1 saturated carbocycles. The molecule has 1 atom stereocenters. The lowest BCUT2D eigenvalue weighted by Crippen LogP contribution is -2.27. The average Bonchev–Trinajstić information content (AvgIpc) is 2.84. The van der Waals surface area contributed by atoms with Crippen LogP contribution in [-0.4, -0.2) is 37.6 Å². The van der Waals surface area contributed by atoms with E-state index in [4.69, 9.17) is 0 Å². The average molecular weight is 182 g/mol. The molecule has 2 rings (SSSR count). The van der Waals surface area contributed by atoms with Crippen molar-refractivity contribution in [3.8, 4) is 0 Å². The van der Waals surface area contributed by atoms with Crippen molar-refractivity contribution < 1.29 is 0 Å². The van der Waals surface area contributed by atoms with Crippen LogP contribution in [0, 0.1) is 11.8 Å². The van der Waals surface area contributed by atoms with E-state index in [1.165, 1.54) is 52.0 Å². The third-order valence-corrected chi connectivity index (χ3v) is 3.38. The monoisotopic (exact) mass is 182 g/mol. The van der Waals surface area contributed by atoms with Crippen molar-refractivity contribution in [2.75, 3.05) is 32.7 Å². The predicted octanol–water partition coefficient (Wildman–Crippen LogP) is 1.33. The van der Waals surface area contributed by atoms with Crippen molar-refractivity contribution in [3.05, 3.63) is 0 Å². The molecule has 2 heteroatoms. The first-order chi connectivity index (χ1) is 6.38. The van der Waals surface area contributed by atoms with Crippen LogP contribution in [-0.2, 0) is 0 Å². The largest absolute Gasteiger partial charge is 0.316 e. The van der Waals surface area contributed by atoms with E-state index in [0.29, 0.717) is 0 Å². The van der Waals surface area contributed by atoms with E-state index in [0.717, 1.165) is 11.8 Å². The van der Waals surface area contributed by atoms with Crippen LogP contribution in [0.3, 0.4) is 0 Å². The Morgan fingerprint density at radius 3 is 2.54 bits per heavy atom. The second-order valence-electron chi connectivity index (χ2n) is 4.65. The lowest BCUT2D eigenvalue weighted by atomic mass is 10.1. The Morgan fingerprint density at radius 2 is 1.92 bits per heavy atom. The summed E-state index contributed by atoms with van der Waals surface area (Å²) in [6, 6.07) is 0. The van der Waals surface area contributed by atoms with Gasteiger partial charge in [0.05, 0.1) is 0 Å². The van der Waals surface area contributed by atoms with Gasteiger partial charge < -0.3 is 10.2 Å². The van der Waals surface area contributed by atoms with Crippen LogP contribution in [0.5, 0.6) is 0 Å². The Balaban J connectivity index is 1.54. The third-order valence-electron chi connectivity index (χ3n) is 3.38. The lowest BCUT2D eigenvalue weighted by molar-refractivity contribution is 0.338. The molecule has 2 nitrogen and oxygen atoms in total. The maximum Gasteiger partial charge on any atom is 0.00222 e. The van der Waals surface area contributed by atoms with E-state index in [1.807, 2.05) is 0 Å². The Bertz CT molecular complexity index is 154. The van der Waals surface area contributed by atoms with Crippen LogP contribution in [0.2, 0.25) is 0 Å². The molecule has 1 unspecified atom stereocenters. The first-order valence-corrected chi connectivity index (χ1v) is 5.81. The first-order valence-electron chi connectivity index (χ1n) is 5.81. The van der Waals surface area contributed by atoms with Gasteiger partial charge in [0.1, 0.15) is 0 Å². The van der Waals surface area contributed by atoms with E-state index in [2.05, 4.69) is 17.1 Å². The summed E-state index contributed by atoms with van der Waals surface area (Å²) < 4.78 is 0. The van der Waals surface area contributed by atoms with Crippen molar-refractivity contribution in [1.29, 1.82) is 0 Å². The highest BCUT2D eigenvalue weighted by Crippen LogP contribution is 2.27. The van der Waals surface area contributed by atoms with Gasteiger partial charge in [0.25, 0.3) is 0 Å². The maximum atomic E-state index is 3.61. The normalized spacial score (nSPS) is 29.8. The molecule has 1 heterocycles. The molecular formula is C11H22N2. The molecule has 0 aromatic rings. The summed E-state index contributed by atoms with van der Waals surface area (Å²) in [6.07, 6.45) is 4.35. The van der Waals surface area contributed by atoms with Crippen LogP contribution < -0.4 is 5.32 Å². The topological polar surface area (TPSA) is 15.3 Å². The van der Waals surface area contributed by atoms with Gasteiger partial charge in [-0.2, -0.15) is 0 Å². The minimum Gasteiger partial charge on any atom is -0.316 e. The SMILES string of the molecule is CCN1CCC(CNCC2CC2)C1. The molecule has 76 valence electrons. The fraction of sp³-hybridized carbons (Fsp3) is 1.00. The number of nitrogens with one attached hydrogen (secondary N) is 1. The van der Waals surface area contributed by atoms with Crippen molar-refractivity contribution in [2.45, 2.75) is 26.2 Å². The highest BCUT2D eigenvalue weighted by molar-refractivity contribution is 4.79. The fourth-order valence-corrected chi connectivity index (χ4v) is 2.18. The third kappa shape index (κ3) is 2.96. The molecule has 0 radical (unpaired) electrons. The van der Waals surface area contributed by atoms with E-state index in [9.17, 15) is 0 Å². The molecule has 1 saturated heterocycles. The van der Waals surface area contributed by atoms with Gasteiger partial charge in [0, 0.05) is 6.54 Å². The molecule has 0 bridgehead atoms. The zero-order chi connectivity index (χ0) is 9.10. The second kappa shape index (κ2) is 4.43. The molecule has 0 amide bonds. The van der Waals surface area contributed by atoms with E-state index < -0.39 is 0 Å². The number of hydrogen-bond donors (Lipinski definition) is 1. The van der Waals surface area contributed by atoms with Gasteiger partial charge >= 0.3 is 0 Å². The summed E-state index contributed by atoms with van der Waals surface area (Å²) in [5.74, 6) is 1.96. The van der Waals surface area contributed by atoms with Crippen LogP contribution in [0.25, 0.3) is 0 Å². The molecule has 1 aliphatic heterocycles. The number of hydrogen-bond acceptors (Lipinski definition) is 2. The number of nitrogens with zero attached hydrogens (tertiary/aromatic N) is 1. The standard InChI is InChI=1S/C11H22N2/c1-2-13-6-5-11(9-13)8-12-7-10-3-4-10/h10-12H,2-9H2,1H3. The summed E-state index contributed by atoms with van der Waals surface area (Å²) >= 11 is 0. The van der Waals surface area contributed by atoms with Gasteiger partial charge in [-0.3, -0.25) is 0 Å². The zero-order valence-corrected chi connectivity index (χ0v) is 8.76.